The number of rotatable bonds is 5. The molecule has 0 amide bonds. The van der Waals surface area contributed by atoms with Gasteiger partial charge in [-0.05, 0) is 55.5 Å². The predicted octanol–water partition coefficient (Wildman–Crippen LogP) is 3.95. The Kier molecular flexibility index (Phi) is 5.32. The van der Waals surface area contributed by atoms with Gasteiger partial charge >= 0.3 is 0 Å². The Morgan fingerprint density at radius 2 is 1.79 bits per heavy atom. The van der Waals surface area contributed by atoms with E-state index in [1.807, 2.05) is 12.1 Å². The minimum Gasteiger partial charge on any atom is -0.396 e. The number of aliphatic hydroxyl groups is 1. The quantitative estimate of drug-likeness (QED) is 0.899. The van der Waals surface area contributed by atoms with Crippen molar-refractivity contribution < 1.29 is 9.50 Å². The predicted molar refractivity (Wildman–Crippen MR) is 95.3 cm³/mol. The molecule has 0 spiro atoms. The summed E-state index contributed by atoms with van der Waals surface area (Å²) in [7, 11) is 0. The lowest BCUT2D eigenvalue weighted by Crippen LogP contribution is -2.46. The van der Waals surface area contributed by atoms with Crippen LogP contribution in [-0.4, -0.2) is 29.7 Å². The smallest absolute Gasteiger partial charge is 0.126 e. The van der Waals surface area contributed by atoms with Gasteiger partial charge < -0.3 is 5.11 Å². The third-order valence-electron chi connectivity index (χ3n) is 5.25. The third kappa shape index (κ3) is 3.85. The summed E-state index contributed by atoms with van der Waals surface area (Å²) in [6.07, 6.45) is 2.59. The van der Waals surface area contributed by atoms with Crippen molar-refractivity contribution in [2.75, 3.05) is 19.7 Å². The number of likely N-dealkylation sites (tertiary alicyclic amines) is 1. The van der Waals surface area contributed by atoms with E-state index < -0.39 is 0 Å². The van der Waals surface area contributed by atoms with E-state index in [0.29, 0.717) is 12.0 Å². The molecule has 1 atom stereocenters. The molecule has 0 radical (unpaired) electrons. The molecular weight excluding hydrogens is 301 g/mol. The van der Waals surface area contributed by atoms with E-state index >= 15 is 0 Å². The van der Waals surface area contributed by atoms with Crippen molar-refractivity contribution >= 4 is 0 Å². The summed E-state index contributed by atoms with van der Waals surface area (Å²) in [6.45, 7) is 4.98. The number of aliphatic hydroxyl groups excluding tert-OH is 1. The Bertz CT molecular complexity index is 687. The molecular formula is C21H26FNO. The standard InChI is InChI=1S/C21H26FNO/c1-17-7-2-3-9-19(17)14-23-12-6-11-21(15-23,16-24)13-18-8-4-5-10-20(18)22/h2-5,7-10,24H,6,11-16H2,1H3/t21-/m0/s1. The first-order valence-electron chi connectivity index (χ1n) is 8.73. The first kappa shape index (κ1) is 17.1. The highest BCUT2D eigenvalue weighted by atomic mass is 19.1. The molecule has 1 N–H and O–H groups in total. The molecule has 1 heterocycles. The molecule has 0 unspecified atom stereocenters. The number of aryl methyl sites for hydroxylation is 1. The maximum absolute atomic E-state index is 14.1. The van der Waals surface area contributed by atoms with Gasteiger partial charge in [0.15, 0.2) is 0 Å². The normalized spacial score (nSPS) is 21.8. The van der Waals surface area contributed by atoms with Crippen LogP contribution in [0.2, 0.25) is 0 Å². The summed E-state index contributed by atoms with van der Waals surface area (Å²) in [5.74, 6) is -0.165. The van der Waals surface area contributed by atoms with Crippen molar-refractivity contribution in [2.24, 2.45) is 5.41 Å². The average molecular weight is 327 g/mol. The number of piperidine rings is 1. The average Bonchev–Trinajstić information content (AvgIpc) is 2.59. The molecule has 0 saturated carbocycles. The van der Waals surface area contributed by atoms with Gasteiger partial charge in [-0.1, -0.05) is 42.5 Å². The van der Waals surface area contributed by atoms with Crippen LogP contribution >= 0.6 is 0 Å². The van der Waals surface area contributed by atoms with Crippen LogP contribution in [0, 0.1) is 18.2 Å². The first-order valence-corrected chi connectivity index (χ1v) is 8.73. The topological polar surface area (TPSA) is 23.5 Å². The lowest BCUT2D eigenvalue weighted by atomic mass is 9.75. The van der Waals surface area contributed by atoms with Gasteiger partial charge in [0.1, 0.15) is 5.82 Å². The molecule has 1 fully saturated rings. The van der Waals surface area contributed by atoms with E-state index in [4.69, 9.17) is 0 Å². The summed E-state index contributed by atoms with van der Waals surface area (Å²) in [5, 5.41) is 10.1. The zero-order chi connectivity index (χ0) is 17.0. The van der Waals surface area contributed by atoms with E-state index in [1.165, 1.54) is 17.2 Å². The molecule has 2 aromatic carbocycles. The summed E-state index contributed by atoms with van der Waals surface area (Å²) < 4.78 is 14.1. The molecule has 24 heavy (non-hydrogen) atoms. The van der Waals surface area contributed by atoms with Crippen molar-refractivity contribution in [3.63, 3.8) is 0 Å². The fourth-order valence-electron chi connectivity index (χ4n) is 3.85. The van der Waals surface area contributed by atoms with Gasteiger partial charge in [0.2, 0.25) is 0 Å². The highest BCUT2D eigenvalue weighted by molar-refractivity contribution is 5.25. The molecule has 3 heteroatoms. The maximum Gasteiger partial charge on any atom is 0.126 e. The van der Waals surface area contributed by atoms with Crippen LogP contribution in [0.4, 0.5) is 4.39 Å². The molecule has 0 aromatic heterocycles. The number of hydrogen-bond acceptors (Lipinski definition) is 2. The fraction of sp³-hybridized carbons (Fsp3) is 0.429. The molecule has 1 saturated heterocycles. The summed E-state index contributed by atoms with van der Waals surface area (Å²) in [5.41, 5.74) is 3.09. The van der Waals surface area contributed by atoms with Crippen molar-refractivity contribution in [2.45, 2.75) is 32.7 Å². The lowest BCUT2D eigenvalue weighted by Gasteiger charge is -2.42. The van der Waals surface area contributed by atoms with Crippen molar-refractivity contribution in [1.82, 2.24) is 4.90 Å². The van der Waals surface area contributed by atoms with Crippen LogP contribution in [0.3, 0.4) is 0 Å². The Balaban J connectivity index is 1.74. The summed E-state index contributed by atoms with van der Waals surface area (Å²) >= 11 is 0. The second kappa shape index (κ2) is 7.45. The van der Waals surface area contributed by atoms with Crippen LogP contribution in [0.1, 0.15) is 29.5 Å². The Morgan fingerprint density at radius 1 is 1.08 bits per heavy atom. The Morgan fingerprint density at radius 3 is 2.50 bits per heavy atom. The summed E-state index contributed by atoms with van der Waals surface area (Å²) in [4.78, 5) is 2.41. The van der Waals surface area contributed by atoms with Gasteiger partial charge in [0, 0.05) is 18.5 Å². The van der Waals surface area contributed by atoms with Crippen LogP contribution < -0.4 is 0 Å². The van der Waals surface area contributed by atoms with Crippen molar-refractivity contribution in [1.29, 1.82) is 0 Å². The molecule has 1 aliphatic rings. The molecule has 2 nitrogen and oxygen atoms in total. The highest BCUT2D eigenvalue weighted by Crippen LogP contribution is 2.34. The Labute approximate surface area is 143 Å². The minimum atomic E-state index is -0.247. The van der Waals surface area contributed by atoms with Crippen LogP contribution in [-0.2, 0) is 13.0 Å². The van der Waals surface area contributed by atoms with E-state index in [1.54, 1.807) is 6.07 Å². The summed E-state index contributed by atoms with van der Waals surface area (Å²) in [6, 6.07) is 15.4. The van der Waals surface area contributed by atoms with Gasteiger partial charge in [0.05, 0.1) is 6.61 Å². The molecule has 3 rings (SSSR count). The number of hydrogen-bond donors (Lipinski definition) is 1. The van der Waals surface area contributed by atoms with Crippen LogP contribution in [0.5, 0.6) is 0 Å². The van der Waals surface area contributed by atoms with Gasteiger partial charge in [-0.15, -0.1) is 0 Å². The van der Waals surface area contributed by atoms with Crippen molar-refractivity contribution in [3.05, 3.63) is 71.0 Å². The van der Waals surface area contributed by atoms with E-state index in [-0.39, 0.29) is 17.8 Å². The van der Waals surface area contributed by atoms with Crippen molar-refractivity contribution in [3.8, 4) is 0 Å². The molecule has 1 aliphatic heterocycles. The van der Waals surface area contributed by atoms with E-state index in [0.717, 1.165) is 32.5 Å². The number of benzene rings is 2. The molecule has 0 aliphatic carbocycles. The van der Waals surface area contributed by atoms with Crippen LogP contribution in [0.15, 0.2) is 48.5 Å². The second-order valence-corrected chi connectivity index (χ2v) is 7.17. The zero-order valence-electron chi connectivity index (χ0n) is 14.3. The minimum absolute atomic E-state index is 0.103. The number of halogens is 1. The third-order valence-corrected chi connectivity index (χ3v) is 5.25. The lowest BCUT2D eigenvalue weighted by molar-refractivity contribution is 0.0282. The largest absolute Gasteiger partial charge is 0.396 e. The molecule has 0 bridgehead atoms. The van der Waals surface area contributed by atoms with Gasteiger partial charge in [-0.2, -0.15) is 0 Å². The number of nitrogens with zero attached hydrogens (tertiary/aromatic N) is 1. The fourth-order valence-corrected chi connectivity index (χ4v) is 3.85. The zero-order valence-corrected chi connectivity index (χ0v) is 14.3. The second-order valence-electron chi connectivity index (χ2n) is 7.17. The van der Waals surface area contributed by atoms with Gasteiger partial charge in [-0.3, -0.25) is 4.90 Å². The highest BCUT2D eigenvalue weighted by Gasteiger charge is 2.35. The van der Waals surface area contributed by atoms with Gasteiger partial charge in [0.25, 0.3) is 0 Å². The SMILES string of the molecule is Cc1ccccc1CN1CCC[C@](CO)(Cc2ccccc2F)C1. The monoisotopic (exact) mass is 327 g/mol. The van der Waals surface area contributed by atoms with Gasteiger partial charge in [-0.25, -0.2) is 4.39 Å². The molecule has 128 valence electrons. The van der Waals surface area contributed by atoms with Crippen LogP contribution in [0.25, 0.3) is 0 Å². The Hall–Kier alpha value is -1.71. The molecule has 2 aromatic rings. The van der Waals surface area contributed by atoms with E-state index in [2.05, 4.69) is 36.1 Å². The van der Waals surface area contributed by atoms with E-state index in [9.17, 15) is 9.50 Å². The maximum atomic E-state index is 14.1. The first-order chi connectivity index (χ1) is 11.6.